The average molecular weight is 360 g/mol. The predicted molar refractivity (Wildman–Crippen MR) is 91.3 cm³/mol. The molecule has 0 aliphatic carbocycles. The number of anilines is 1. The summed E-state index contributed by atoms with van der Waals surface area (Å²) < 4.78 is 6.21. The monoisotopic (exact) mass is 359 g/mol. The van der Waals surface area contributed by atoms with Gasteiger partial charge in [0.15, 0.2) is 0 Å². The lowest BCUT2D eigenvalue weighted by Crippen LogP contribution is -2.27. The van der Waals surface area contributed by atoms with Gasteiger partial charge in [-0.25, -0.2) is 0 Å². The van der Waals surface area contributed by atoms with Crippen LogP contribution in [-0.4, -0.2) is 19.6 Å². The number of benzene rings is 2. The molecule has 0 spiro atoms. The zero-order valence-electron chi connectivity index (χ0n) is 12.5. The molecule has 3 nitrogen and oxygen atoms in total. The van der Waals surface area contributed by atoms with Gasteiger partial charge >= 0.3 is 0 Å². The molecular formula is C18H18BrNO2. The Kier molecular flexibility index (Phi) is 4.48. The summed E-state index contributed by atoms with van der Waals surface area (Å²) in [5.41, 5.74) is 2.12. The average Bonchev–Trinajstić information content (AvgIpc) is 2.90. The van der Waals surface area contributed by atoms with Crippen LogP contribution in [0, 0.1) is 5.92 Å². The fourth-order valence-corrected chi connectivity index (χ4v) is 3.31. The maximum absolute atomic E-state index is 12.7. The highest BCUT2D eigenvalue weighted by Crippen LogP contribution is 2.33. The zero-order chi connectivity index (χ0) is 15.5. The zero-order valence-corrected chi connectivity index (χ0v) is 14.0. The van der Waals surface area contributed by atoms with Gasteiger partial charge in [-0.05, 0) is 46.5 Å². The Morgan fingerprint density at radius 2 is 2.00 bits per heavy atom. The Bertz CT molecular complexity index is 672. The van der Waals surface area contributed by atoms with Crippen molar-refractivity contribution in [2.45, 2.75) is 12.8 Å². The van der Waals surface area contributed by atoms with E-state index in [2.05, 4.69) is 28.1 Å². The van der Waals surface area contributed by atoms with Crippen molar-refractivity contribution in [1.82, 2.24) is 0 Å². The molecule has 4 heteroatoms. The minimum atomic E-state index is 0.0667. The summed E-state index contributed by atoms with van der Waals surface area (Å²) in [5, 5.41) is 0. The highest BCUT2D eigenvalue weighted by Gasteiger charge is 2.32. The summed E-state index contributed by atoms with van der Waals surface area (Å²) in [6, 6.07) is 16.0. The highest BCUT2D eigenvalue weighted by molar-refractivity contribution is 9.10. The van der Waals surface area contributed by atoms with Crippen LogP contribution in [0.4, 0.5) is 5.69 Å². The topological polar surface area (TPSA) is 29.5 Å². The van der Waals surface area contributed by atoms with E-state index < -0.39 is 0 Å². The summed E-state index contributed by atoms with van der Waals surface area (Å²) >= 11 is 3.44. The number of carbonyl (C=O) groups excluding carboxylic acids is 1. The molecule has 0 saturated carbocycles. The van der Waals surface area contributed by atoms with Gasteiger partial charge in [-0.3, -0.25) is 4.79 Å². The molecule has 114 valence electrons. The summed E-state index contributed by atoms with van der Waals surface area (Å²) in [6.07, 6.45) is 1.70. The minimum absolute atomic E-state index is 0.0667. The maximum Gasteiger partial charge on any atom is 0.230 e. The van der Waals surface area contributed by atoms with Gasteiger partial charge in [0.2, 0.25) is 5.91 Å². The van der Waals surface area contributed by atoms with E-state index in [1.54, 1.807) is 7.11 Å². The molecule has 0 N–H and O–H groups in total. The largest absolute Gasteiger partial charge is 0.495 e. The number of ether oxygens (including phenoxy) is 1. The molecule has 0 bridgehead atoms. The lowest BCUT2D eigenvalue weighted by Gasteiger charge is -2.18. The number of hydrogen-bond donors (Lipinski definition) is 0. The smallest absolute Gasteiger partial charge is 0.230 e. The normalized spacial score (nSPS) is 17.8. The fraction of sp³-hybridized carbons (Fsp3) is 0.278. The third-order valence-electron chi connectivity index (χ3n) is 4.09. The molecule has 1 amide bonds. The van der Waals surface area contributed by atoms with Crippen LogP contribution in [0.1, 0.15) is 12.0 Å². The summed E-state index contributed by atoms with van der Waals surface area (Å²) in [7, 11) is 1.63. The molecule has 2 aromatic carbocycles. The molecule has 1 aliphatic heterocycles. The van der Waals surface area contributed by atoms with E-state index in [0.29, 0.717) is 0 Å². The molecule has 0 unspecified atom stereocenters. The van der Waals surface area contributed by atoms with Crippen molar-refractivity contribution in [3.8, 4) is 5.75 Å². The van der Waals surface area contributed by atoms with Crippen LogP contribution < -0.4 is 9.64 Å². The Morgan fingerprint density at radius 1 is 1.23 bits per heavy atom. The quantitative estimate of drug-likeness (QED) is 0.823. The van der Waals surface area contributed by atoms with E-state index in [-0.39, 0.29) is 11.8 Å². The first-order valence-electron chi connectivity index (χ1n) is 7.38. The van der Waals surface area contributed by atoms with Gasteiger partial charge in [-0.2, -0.15) is 0 Å². The molecule has 2 aromatic rings. The lowest BCUT2D eigenvalue weighted by atomic mass is 9.98. The van der Waals surface area contributed by atoms with Crippen molar-refractivity contribution in [2.24, 2.45) is 5.92 Å². The number of hydrogen-bond acceptors (Lipinski definition) is 2. The Labute approximate surface area is 139 Å². The molecule has 1 atom stereocenters. The molecule has 1 heterocycles. The summed E-state index contributed by atoms with van der Waals surface area (Å²) in [5.74, 6) is 1.02. The number of methoxy groups -OCH3 is 1. The van der Waals surface area contributed by atoms with Crippen molar-refractivity contribution in [3.63, 3.8) is 0 Å². The molecule has 0 aromatic heterocycles. The third-order valence-corrected chi connectivity index (χ3v) is 4.74. The van der Waals surface area contributed by atoms with Gasteiger partial charge in [0.25, 0.3) is 0 Å². The van der Waals surface area contributed by atoms with Crippen molar-refractivity contribution in [2.75, 3.05) is 18.6 Å². The first-order chi connectivity index (χ1) is 10.7. The molecular weight excluding hydrogens is 342 g/mol. The Morgan fingerprint density at radius 3 is 2.73 bits per heavy atom. The lowest BCUT2D eigenvalue weighted by molar-refractivity contribution is -0.120. The van der Waals surface area contributed by atoms with Crippen LogP contribution in [-0.2, 0) is 11.2 Å². The van der Waals surface area contributed by atoms with Gasteiger partial charge in [0.05, 0.1) is 11.6 Å². The Balaban J connectivity index is 1.76. The molecule has 22 heavy (non-hydrogen) atoms. The van der Waals surface area contributed by atoms with E-state index in [1.807, 2.05) is 41.3 Å². The summed E-state index contributed by atoms with van der Waals surface area (Å²) in [4.78, 5) is 14.5. The number of rotatable bonds is 4. The van der Waals surface area contributed by atoms with Gasteiger partial charge in [0, 0.05) is 24.2 Å². The van der Waals surface area contributed by atoms with E-state index in [4.69, 9.17) is 4.74 Å². The maximum atomic E-state index is 12.7. The molecule has 1 saturated heterocycles. The summed E-state index contributed by atoms with van der Waals surface area (Å²) in [6.45, 7) is 0.765. The van der Waals surface area contributed by atoms with Crippen LogP contribution in [0.15, 0.2) is 53.0 Å². The van der Waals surface area contributed by atoms with Crippen molar-refractivity contribution < 1.29 is 9.53 Å². The molecule has 0 radical (unpaired) electrons. The van der Waals surface area contributed by atoms with Gasteiger partial charge in [-0.1, -0.05) is 30.3 Å². The van der Waals surface area contributed by atoms with E-state index in [0.717, 1.165) is 35.3 Å². The highest BCUT2D eigenvalue weighted by atomic mass is 79.9. The van der Waals surface area contributed by atoms with Crippen LogP contribution in [0.5, 0.6) is 5.75 Å². The second-order valence-corrected chi connectivity index (χ2v) is 6.34. The standard InChI is InChI=1S/C18H18BrNO2/c1-22-17-12-15(7-8-16(17)19)20-10-9-14(18(20)21)11-13-5-3-2-4-6-13/h2-8,12,14H,9-11H2,1H3/t14-/m1/s1. The van der Waals surface area contributed by atoms with Crippen molar-refractivity contribution in [1.29, 1.82) is 0 Å². The van der Waals surface area contributed by atoms with E-state index in [1.165, 1.54) is 5.56 Å². The fourth-order valence-electron chi connectivity index (χ4n) is 2.90. The predicted octanol–water partition coefficient (Wildman–Crippen LogP) is 4.05. The van der Waals surface area contributed by atoms with Crippen molar-refractivity contribution >= 4 is 27.5 Å². The first-order valence-corrected chi connectivity index (χ1v) is 8.17. The molecule has 3 rings (SSSR count). The minimum Gasteiger partial charge on any atom is -0.495 e. The number of amides is 1. The second-order valence-electron chi connectivity index (χ2n) is 5.48. The third kappa shape index (κ3) is 3.02. The number of nitrogens with zero attached hydrogens (tertiary/aromatic N) is 1. The van der Waals surface area contributed by atoms with Gasteiger partial charge in [-0.15, -0.1) is 0 Å². The van der Waals surface area contributed by atoms with E-state index in [9.17, 15) is 4.79 Å². The second kappa shape index (κ2) is 6.53. The first kappa shape index (κ1) is 15.1. The van der Waals surface area contributed by atoms with Crippen molar-refractivity contribution in [3.05, 3.63) is 58.6 Å². The van der Waals surface area contributed by atoms with Crippen LogP contribution >= 0.6 is 15.9 Å². The Hall–Kier alpha value is -1.81. The number of carbonyl (C=O) groups is 1. The van der Waals surface area contributed by atoms with Gasteiger partial charge in [0.1, 0.15) is 5.75 Å². The van der Waals surface area contributed by atoms with E-state index >= 15 is 0 Å². The molecule has 1 aliphatic rings. The molecule has 1 fully saturated rings. The van der Waals surface area contributed by atoms with Crippen LogP contribution in [0.25, 0.3) is 0 Å². The van der Waals surface area contributed by atoms with Crippen LogP contribution in [0.2, 0.25) is 0 Å². The number of halogens is 1. The SMILES string of the molecule is COc1cc(N2CC[C@H](Cc3ccccc3)C2=O)ccc1Br. The van der Waals surface area contributed by atoms with Gasteiger partial charge < -0.3 is 9.64 Å². The van der Waals surface area contributed by atoms with Crippen LogP contribution in [0.3, 0.4) is 0 Å².